The number of hydrogen-bond acceptors (Lipinski definition) is 4. The molecule has 2 aromatic rings. The van der Waals surface area contributed by atoms with E-state index in [1.807, 2.05) is 42.5 Å². The summed E-state index contributed by atoms with van der Waals surface area (Å²) < 4.78 is 11.2. The molecule has 0 aliphatic rings. The van der Waals surface area contributed by atoms with Gasteiger partial charge in [0.15, 0.2) is 11.5 Å². The largest absolute Gasteiger partial charge is 0.493 e. The van der Waals surface area contributed by atoms with Crippen LogP contribution in [0, 0.1) is 0 Å². The fourth-order valence-corrected chi connectivity index (χ4v) is 2.23. The molecule has 2 aromatic carbocycles. The van der Waals surface area contributed by atoms with E-state index in [0.717, 1.165) is 11.1 Å². The maximum Gasteiger partial charge on any atom is 0.161 e. The van der Waals surface area contributed by atoms with Gasteiger partial charge in [0.1, 0.15) is 6.61 Å². The zero-order valence-electron chi connectivity index (χ0n) is 13.4. The number of ether oxygens (including phenoxy) is 2. The summed E-state index contributed by atoms with van der Waals surface area (Å²) >= 11 is 5.87. The Labute approximate surface area is 142 Å². The van der Waals surface area contributed by atoms with Crippen molar-refractivity contribution in [2.75, 3.05) is 13.7 Å². The van der Waals surface area contributed by atoms with Crippen molar-refractivity contribution in [2.24, 2.45) is 0 Å². The van der Waals surface area contributed by atoms with E-state index in [1.54, 1.807) is 14.0 Å². The van der Waals surface area contributed by atoms with Crippen molar-refractivity contribution in [2.45, 2.75) is 26.2 Å². The molecule has 23 heavy (non-hydrogen) atoms. The predicted molar refractivity (Wildman–Crippen MR) is 92.2 cm³/mol. The Morgan fingerprint density at radius 2 is 1.78 bits per heavy atom. The molecular formula is C18H22ClNO3. The van der Waals surface area contributed by atoms with E-state index >= 15 is 0 Å². The van der Waals surface area contributed by atoms with Crippen molar-refractivity contribution in [3.63, 3.8) is 0 Å². The van der Waals surface area contributed by atoms with Gasteiger partial charge in [-0.2, -0.15) is 0 Å². The standard InChI is InChI=1S/C18H22ClNO3/c1-13(21)10-20-11-15-5-8-17(18(9-15)22-2)23-12-14-3-6-16(19)7-4-14/h3-9,13,20-21H,10-12H2,1-2H3. The molecule has 0 spiro atoms. The Hall–Kier alpha value is -1.75. The Morgan fingerprint density at radius 3 is 2.43 bits per heavy atom. The highest BCUT2D eigenvalue weighted by Gasteiger charge is 2.07. The first-order chi connectivity index (χ1) is 11.1. The van der Waals surface area contributed by atoms with Gasteiger partial charge >= 0.3 is 0 Å². The van der Waals surface area contributed by atoms with Crippen LogP contribution in [0.1, 0.15) is 18.1 Å². The molecular weight excluding hydrogens is 314 g/mol. The maximum absolute atomic E-state index is 9.26. The van der Waals surface area contributed by atoms with Gasteiger partial charge in [0.25, 0.3) is 0 Å². The summed E-state index contributed by atoms with van der Waals surface area (Å²) in [6.07, 6.45) is -0.362. The molecule has 2 rings (SSSR count). The summed E-state index contributed by atoms with van der Waals surface area (Å²) in [5.74, 6) is 1.39. The van der Waals surface area contributed by atoms with Crippen LogP contribution in [0.3, 0.4) is 0 Å². The molecule has 0 amide bonds. The van der Waals surface area contributed by atoms with Crippen LogP contribution in [0.2, 0.25) is 5.02 Å². The molecule has 5 heteroatoms. The molecule has 4 nitrogen and oxygen atoms in total. The number of halogens is 1. The van der Waals surface area contributed by atoms with Crippen molar-refractivity contribution in [3.8, 4) is 11.5 Å². The number of hydrogen-bond donors (Lipinski definition) is 2. The average Bonchev–Trinajstić information content (AvgIpc) is 2.54. The van der Waals surface area contributed by atoms with Crippen LogP contribution in [0.4, 0.5) is 0 Å². The van der Waals surface area contributed by atoms with Gasteiger partial charge < -0.3 is 19.9 Å². The lowest BCUT2D eigenvalue weighted by atomic mass is 10.2. The van der Waals surface area contributed by atoms with Crippen molar-refractivity contribution >= 4 is 11.6 Å². The predicted octanol–water partition coefficient (Wildman–Crippen LogP) is 3.40. The molecule has 0 saturated carbocycles. The van der Waals surface area contributed by atoms with Crippen LogP contribution in [0.5, 0.6) is 11.5 Å². The third-order valence-corrected chi connectivity index (χ3v) is 3.56. The Bertz CT molecular complexity index is 614. The first-order valence-electron chi connectivity index (χ1n) is 7.51. The number of benzene rings is 2. The Morgan fingerprint density at radius 1 is 1.09 bits per heavy atom. The highest BCUT2D eigenvalue weighted by Crippen LogP contribution is 2.29. The van der Waals surface area contributed by atoms with Crippen LogP contribution in [0.25, 0.3) is 0 Å². The van der Waals surface area contributed by atoms with Gasteiger partial charge in [0.2, 0.25) is 0 Å². The summed E-state index contributed by atoms with van der Waals surface area (Å²) in [4.78, 5) is 0. The Balaban J connectivity index is 1.97. The molecule has 0 heterocycles. The van der Waals surface area contributed by atoms with E-state index < -0.39 is 0 Å². The molecule has 0 radical (unpaired) electrons. The summed E-state index contributed by atoms with van der Waals surface area (Å²) in [7, 11) is 1.62. The molecule has 0 aliphatic heterocycles. The van der Waals surface area contributed by atoms with E-state index in [1.165, 1.54) is 0 Å². The highest BCUT2D eigenvalue weighted by molar-refractivity contribution is 6.30. The second-order valence-corrected chi connectivity index (χ2v) is 5.82. The number of aliphatic hydroxyl groups is 1. The van der Waals surface area contributed by atoms with Crippen LogP contribution in [0.15, 0.2) is 42.5 Å². The summed E-state index contributed by atoms with van der Waals surface area (Å²) in [6, 6.07) is 13.4. The highest BCUT2D eigenvalue weighted by atomic mass is 35.5. The van der Waals surface area contributed by atoms with Crippen LogP contribution in [-0.4, -0.2) is 24.9 Å². The Kier molecular flexibility index (Phi) is 6.71. The molecule has 0 bridgehead atoms. The molecule has 2 N–H and O–H groups in total. The number of rotatable bonds is 8. The quantitative estimate of drug-likeness (QED) is 0.776. The third-order valence-electron chi connectivity index (χ3n) is 3.30. The molecule has 124 valence electrons. The van der Waals surface area contributed by atoms with E-state index in [-0.39, 0.29) is 6.10 Å². The molecule has 1 atom stereocenters. The zero-order chi connectivity index (χ0) is 16.7. The minimum atomic E-state index is -0.362. The first kappa shape index (κ1) is 17.6. The number of aliphatic hydroxyl groups excluding tert-OH is 1. The van der Waals surface area contributed by atoms with Crippen LogP contribution < -0.4 is 14.8 Å². The lowest BCUT2D eigenvalue weighted by Crippen LogP contribution is -2.23. The van der Waals surface area contributed by atoms with Gasteiger partial charge in [-0.1, -0.05) is 29.8 Å². The second-order valence-electron chi connectivity index (χ2n) is 5.38. The number of methoxy groups -OCH3 is 1. The molecule has 0 aromatic heterocycles. The molecule has 0 saturated heterocycles. The first-order valence-corrected chi connectivity index (χ1v) is 7.89. The van der Waals surface area contributed by atoms with Crippen LogP contribution >= 0.6 is 11.6 Å². The SMILES string of the molecule is COc1cc(CNCC(C)O)ccc1OCc1ccc(Cl)cc1. The normalized spacial score (nSPS) is 12.0. The van der Waals surface area contributed by atoms with Gasteiger partial charge in [-0.3, -0.25) is 0 Å². The minimum absolute atomic E-state index is 0.362. The average molecular weight is 336 g/mol. The molecule has 0 aliphatic carbocycles. The van der Waals surface area contributed by atoms with Crippen molar-refractivity contribution in [1.29, 1.82) is 0 Å². The maximum atomic E-state index is 9.26. The van der Waals surface area contributed by atoms with Gasteiger partial charge in [0, 0.05) is 18.1 Å². The van der Waals surface area contributed by atoms with E-state index in [9.17, 15) is 5.11 Å². The molecule has 1 unspecified atom stereocenters. The third kappa shape index (κ3) is 5.75. The summed E-state index contributed by atoms with van der Waals surface area (Å²) in [5.41, 5.74) is 2.11. The van der Waals surface area contributed by atoms with Gasteiger partial charge in [0.05, 0.1) is 13.2 Å². The van der Waals surface area contributed by atoms with E-state index in [2.05, 4.69) is 5.32 Å². The topological polar surface area (TPSA) is 50.7 Å². The van der Waals surface area contributed by atoms with Crippen molar-refractivity contribution in [1.82, 2.24) is 5.32 Å². The smallest absolute Gasteiger partial charge is 0.161 e. The van der Waals surface area contributed by atoms with E-state index in [0.29, 0.717) is 36.2 Å². The minimum Gasteiger partial charge on any atom is -0.493 e. The second kappa shape index (κ2) is 8.77. The van der Waals surface area contributed by atoms with Crippen molar-refractivity contribution < 1.29 is 14.6 Å². The van der Waals surface area contributed by atoms with Gasteiger partial charge in [-0.05, 0) is 42.3 Å². The lowest BCUT2D eigenvalue weighted by Gasteiger charge is -2.13. The van der Waals surface area contributed by atoms with Crippen LogP contribution in [-0.2, 0) is 13.2 Å². The fraction of sp³-hybridized carbons (Fsp3) is 0.333. The lowest BCUT2D eigenvalue weighted by molar-refractivity contribution is 0.191. The molecule has 0 fully saturated rings. The van der Waals surface area contributed by atoms with E-state index in [4.69, 9.17) is 21.1 Å². The van der Waals surface area contributed by atoms with Gasteiger partial charge in [-0.15, -0.1) is 0 Å². The summed E-state index contributed by atoms with van der Waals surface area (Å²) in [5, 5.41) is 13.1. The number of nitrogens with one attached hydrogen (secondary N) is 1. The van der Waals surface area contributed by atoms with Gasteiger partial charge in [-0.25, -0.2) is 0 Å². The monoisotopic (exact) mass is 335 g/mol. The zero-order valence-corrected chi connectivity index (χ0v) is 14.1. The van der Waals surface area contributed by atoms with Crippen molar-refractivity contribution in [3.05, 3.63) is 58.6 Å². The summed E-state index contributed by atoms with van der Waals surface area (Å²) in [6.45, 7) is 3.42. The fourth-order valence-electron chi connectivity index (χ4n) is 2.11.